The number of nitrogens with one attached hydrogen (secondary N) is 1. The molecule has 1 aliphatic carbocycles. The first-order valence-corrected chi connectivity index (χ1v) is 7.84. The molecule has 2 unspecified atom stereocenters. The molecule has 110 valence electrons. The molecular weight excluding hydrogens is 246 g/mol. The maximum absolute atomic E-state index is 5.71. The van der Waals surface area contributed by atoms with Crippen LogP contribution in [0.25, 0.3) is 0 Å². The van der Waals surface area contributed by atoms with Crippen LogP contribution in [0.1, 0.15) is 44.6 Å². The van der Waals surface area contributed by atoms with Gasteiger partial charge in [0.25, 0.3) is 0 Å². The van der Waals surface area contributed by atoms with Gasteiger partial charge in [-0.1, -0.05) is 50.6 Å². The van der Waals surface area contributed by atoms with E-state index in [-0.39, 0.29) is 0 Å². The van der Waals surface area contributed by atoms with E-state index in [2.05, 4.69) is 31.0 Å². The fraction of sp³-hybridized carbons (Fsp3) is 0.556. The third-order valence-corrected chi connectivity index (χ3v) is 4.17. The smallest absolute Gasteiger partial charge is 0.124 e. The van der Waals surface area contributed by atoms with E-state index in [4.69, 9.17) is 4.74 Å². The number of hydrogen-bond acceptors (Lipinski definition) is 2. The van der Waals surface area contributed by atoms with Crippen LogP contribution in [0.4, 0.5) is 0 Å². The molecule has 1 N–H and O–H groups in total. The van der Waals surface area contributed by atoms with E-state index in [0.29, 0.717) is 12.6 Å². The van der Waals surface area contributed by atoms with Gasteiger partial charge in [-0.2, -0.15) is 0 Å². The summed E-state index contributed by atoms with van der Waals surface area (Å²) in [6, 6.07) is 8.94. The summed E-state index contributed by atoms with van der Waals surface area (Å²) in [5.41, 5.74) is 1.24. The van der Waals surface area contributed by atoms with Gasteiger partial charge in [-0.05, 0) is 31.2 Å². The lowest BCUT2D eigenvalue weighted by Gasteiger charge is -2.18. The SMILES string of the molecule is C=CCOc1ccccc1CNC1CCCC(C)CC1. The number of benzene rings is 1. The molecule has 2 heteroatoms. The molecule has 0 aliphatic heterocycles. The lowest BCUT2D eigenvalue weighted by Crippen LogP contribution is -2.28. The fourth-order valence-electron chi connectivity index (χ4n) is 2.88. The van der Waals surface area contributed by atoms with Crippen LogP contribution in [0.15, 0.2) is 36.9 Å². The van der Waals surface area contributed by atoms with Gasteiger partial charge in [0.05, 0.1) is 0 Å². The van der Waals surface area contributed by atoms with E-state index >= 15 is 0 Å². The van der Waals surface area contributed by atoms with Crippen molar-refractivity contribution in [3.8, 4) is 5.75 Å². The van der Waals surface area contributed by atoms with Crippen LogP contribution in [0, 0.1) is 5.92 Å². The normalized spacial score (nSPS) is 23.1. The molecule has 20 heavy (non-hydrogen) atoms. The summed E-state index contributed by atoms with van der Waals surface area (Å²) in [6.07, 6.45) is 8.49. The second-order valence-corrected chi connectivity index (χ2v) is 5.90. The van der Waals surface area contributed by atoms with Gasteiger partial charge in [0, 0.05) is 18.2 Å². The van der Waals surface area contributed by atoms with E-state index in [9.17, 15) is 0 Å². The number of hydrogen-bond donors (Lipinski definition) is 1. The Hall–Kier alpha value is -1.28. The predicted octanol–water partition coefficient (Wildman–Crippen LogP) is 4.31. The molecule has 0 aromatic heterocycles. The molecule has 0 saturated heterocycles. The minimum atomic E-state index is 0.567. The monoisotopic (exact) mass is 273 g/mol. The zero-order chi connectivity index (χ0) is 14.2. The second kappa shape index (κ2) is 8.11. The summed E-state index contributed by atoms with van der Waals surface area (Å²) >= 11 is 0. The molecule has 1 fully saturated rings. The Bertz CT molecular complexity index is 416. The van der Waals surface area contributed by atoms with Crippen LogP contribution in [0.5, 0.6) is 5.75 Å². The van der Waals surface area contributed by atoms with E-state index < -0.39 is 0 Å². The van der Waals surface area contributed by atoms with Crippen LogP contribution < -0.4 is 10.1 Å². The fourth-order valence-corrected chi connectivity index (χ4v) is 2.88. The van der Waals surface area contributed by atoms with E-state index in [1.54, 1.807) is 6.08 Å². The molecule has 0 bridgehead atoms. The van der Waals surface area contributed by atoms with Crippen LogP contribution in [0.2, 0.25) is 0 Å². The van der Waals surface area contributed by atoms with Crippen LogP contribution >= 0.6 is 0 Å². The van der Waals surface area contributed by atoms with Crippen LogP contribution in [-0.2, 0) is 6.54 Å². The first-order valence-electron chi connectivity index (χ1n) is 7.84. The Morgan fingerprint density at radius 3 is 2.95 bits per heavy atom. The third kappa shape index (κ3) is 4.68. The van der Waals surface area contributed by atoms with Gasteiger partial charge in [-0.15, -0.1) is 0 Å². The standard InChI is InChI=1S/C18H27NO/c1-3-13-20-18-10-5-4-8-16(18)14-19-17-9-6-7-15(2)11-12-17/h3-5,8,10,15,17,19H,1,6-7,9,11-14H2,2H3. The van der Waals surface area contributed by atoms with Gasteiger partial charge in [-0.25, -0.2) is 0 Å². The zero-order valence-corrected chi connectivity index (χ0v) is 12.6. The van der Waals surface area contributed by atoms with Crippen LogP contribution in [0.3, 0.4) is 0 Å². The summed E-state index contributed by atoms with van der Waals surface area (Å²) in [4.78, 5) is 0. The van der Waals surface area contributed by atoms with Crippen molar-refractivity contribution in [1.29, 1.82) is 0 Å². The molecule has 1 aromatic rings. The minimum Gasteiger partial charge on any atom is -0.489 e. The van der Waals surface area contributed by atoms with Crippen molar-refractivity contribution in [1.82, 2.24) is 5.32 Å². The largest absolute Gasteiger partial charge is 0.489 e. The Morgan fingerprint density at radius 2 is 2.10 bits per heavy atom. The highest BCUT2D eigenvalue weighted by Gasteiger charge is 2.16. The summed E-state index contributed by atoms with van der Waals surface area (Å²) < 4.78 is 5.71. The molecule has 2 rings (SSSR count). The third-order valence-electron chi connectivity index (χ3n) is 4.17. The summed E-state index contributed by atoms with van der Waals surface area (Å²) in [7, 11) is 0. The molecule has 2 atom stereocenters. The highest BCUT2D eigenvalue weighted by Crippen LogP contribution is 2.24. The van der Waals surface area contributed by atoms with Gasteiger partial charge >= 0.3 is 0 Å². The van der Waals surface area contributed by atoms with Crippen molar-refractivity contribution in [2.45, 2.75) is 51.6 Å². The maximum atomic E-state index is 5.71. The number of ether oxygens (including phenoxy) is 1. The minimum absolute atomic E-state index is 0.567. The quantitative estimate of drug-likeness (QED) is 0.616. The molecule has 1 saturated carbocycles. The van der Waals surface area contributed by atoms with E-state index in [1.165, 1.54) is 37.7 Å². The lowest BCUT2D eigenvalue weighted by atomic mass is 10.0. The Balaban J connectivity index is 1.88. The van der Waals surface area contributed by atoms with Crippen molar-refractivity contribution in [3.05, 3.63) is 42.5 Å². The predicted molar refractivity (Wildman–Crippen MR) is 85.0 cm³/mol. The number of rotatable bonds is 6. The first kappa shape index (κ1) is 15.1. The van der Waals surface area contributed by atoms with Gasteiger partial charge < -0.3 is 10.1 Å². The highest BCUT2D eigenvalue weighted by molar-refractivity contribution is 5.33. The summed E-state index contributed by atoms with van der Waals surface area (Å²) in [5, 5.41) is 3.71. The van der Waals surface area contributed by atoms with Crippen molar-refractivity contribution in [3.63, 3.8) is 0 Å². The van der Waals surface area contributed by atoms with Gasteiger partial charge in [0.1, 0.15) is 12.4 Å². The van der Waals surface area contributed by atoms with Gasteiger partial charge in [0.2, 0.25) is 0 Å². The average Bonchev–Trinajstić information content (AvgIpc) is 2.68. The molecule has 1 aliphatic rings. The lowest BCUT2D eigenvalue weighted by molar-refractivity contribution is 0.355. The van der Waals surface area contributed by atoms with Crippen LogP contribution in [-0.4, -0.2) is 12.6 Å². The Morgan fingerprint density at radius 1 is 1.25 bits per heavy atom. The Kier molecular flexibility index (Phi) is 6.13. The highest BCUT2D eigenvalue weighted by atomic mass is 16.5. The molecule has 1 aromatic carbocycles. The molecule has 0 heterocycles. The van der Waals surface area contributed by atoms with Crippen molar-refractivity contribution in [2.75, 3.05) is 6.61 Å². The summed E-state index contributed by atoms with van der Waals surface area (Å²) in [5.74, 6) is 1.87. The van der Waals surface area contributed by atoms with Gasteiger partial charge in [0.15, 0.2) is 0 Å². The van der Waals surface area contributed by atoms with E-state index in [1.807, 2.05) is 12.1 Å². The Labute approximate surface area is 123 Å². The number of para-hydroxylation sites is 1. The molecule has 0 spiro atoms. The zero-order valence-electron chi connectivity index (χ0n) is 12.6. The van der Waals surface area contributed by atoms with E-state index in [0.717, 1.165) is 18.2 Å². The molecule has 0 amide bonds. The van der Waals surface area contributed by atoms with Gasteiger partial charge in [-0.3, -0.25) is 0 Å². The van der Waals surface area contributed by atoms with Crippen molar-refractivity contribution < 1.29 is 4.74 Å². The van der Waals surface area contributed by atoms with Crippen molar-refractivity contribution >= 4 is 0 Å². The molecule has 2 nitrogen and oxygen atoms in total. The maximum Gasteiger partial charge on any atom is 0.124 e. The molecular formula is C18H27NO. The summed E-state index contributed by atoms with van der Waals surface area (Å²) in [6.45, 7) is 7.54. The second-order valence-electron chi connectivity index (χ2n) is 5.90. The topological polar surface area (TPSA) is 21.3 Å². The molecule has 0 radical (unpaired) electrons. The average molecular weight is 273 g/mol. The first-order chi connectivity index (χ1) is 9.79. The van der Waals surface area contributed by atoms with Crippen molar-refractivity contribution in [2.24, 2.45) is 5.92 Å².